The van der Waals surface area contributed by atoms with Gasteiger partial charge in [-0.1, -0.05) is 12.5 Å². The molecule has 0 bridgehead atoms. The normalized spacial score (nSPS) is 36.1. The predicted octanol–water partition coefficient (Wildman–Crippen LogP) is 1.69. The zero-order valence-corrected chi connectivity index (χ0v) is 5.84. The minimum absolute atomic E-state index is 0.446. The minimum atomic E-state index is 0.446. The van der Waals surface area contributed by atoms with Crippen molar-refractivity contribution in [3.8, 4) is 0 Å². The van der Waals surface area contributed by atoms with Crippen molar-refractivity contribution in [3.05, 3.63) is 12.7 Å². The second-order valence-electron chi connectivity index (χ2n) is 2.92. The van der Waals surface area contributed by atoms with Gasteiger partial charge in [0, 0.05) is 6.04 Å². The van der Waals surface area contributed by atoms with Gasteiger partial charge in [-0.3, -0.25) is 0 Å². The summed E-state index contributed by atoms with van der Waals surface area (Å²) in [5, 5.41) is 0. The van der Waals surface area contributed by atoms with Gasteiger partial charge in [-0.2, -0.15) is 0 Å². The molecule has 2 atom stereocenters. The van der Waals surface area contributed by atoms with Crippen molar-refractivity contribution < 1.29 is 0 Å². The molecule has 0 heterocycles. The van der Waals surface area contributed by atoms with Gasteiger partial charge in [0.15, 0.2) is 0 Å². The average Bonchev–Trinajstić information content (AvgIpc) is 1.88. The smallest absolute Gasteiger partial charge is 0.00444 e. The summed E-state index contributed by atoms with van der Waals surface area (Å²) in [5.74, 6) is 0.703. The topological polar surface area (TPSA) is 26.0 Å². The quantitative estimate of drug-likeness (QED) is 0.530. The number of nitrogens with two attached hydrogens (primary N) is 1. The summed E-state index contributed by atoms with van der Waals surface area (Å²) in [6.07, 6.45) is 7.00. The monoisotopic (exact) mass is 125 g/mol. The molecule has 0 spiro atoms. The van der Waals surface area contributed by atoms with Crippen LogP contribution < -0.4 is 5.73 Å². The van der Waals surface area contributed by atoms with Gasteiger partial charge >= 0.3 is 0 Å². The van der Waals surface area contributed by atoms with Crippen molar-refractivity contribution in [1.29, 1.82) is 0 Å². The van der Waals surface area contributed by atoms with Crippen LogP contribution >= 0.6 is 0 Å². The average molecular weight is 125 g/mol. The van der Waals surface area contributed by atoms with Crippen LogP contribution in [-0.4, -0.2) is 6.04 Å². The van der Waals surface area contributed by atoms with Crippen LogP contribution in [0.15, 0.2) is 12.7 Å². The molecule has 1 fully saturated rings. The maximum atomic E-state index is 5.75. The largest absolute Gasteiger partial charge is 0.328 e. The molecule has 0 radical (unpaired) electrons. The number of hydrogen-bond acceptors (Lipinski definition) is 1. The summed E-state index contributed by atoms with van der Waals surface area (Å²) in [6.45, 7) is 3.76. The molecule has 1 rings (SSSR count). The van der Waals surface area contributed by atoms with Crippen LogP contribution in [-0.2, 0) is 0 Å². The first-order valence-electron chi connectivity index (χ1n) is 3.71. The molecule has 1 nitrogen and oxygen atoms in total. The molecule has 0 aliphatic heterocycles. The molecule has 0 aromatic rings. The van der Waals surface area contributed by atoms with E-state index >= 15 is 0 Å². The van der Waals surface area contributed by atoms with Gasteiger partial charge in [-0.05, 0) is 25.2 Å². The third kappa shape index (κ3) is 1.83. The lowest BCUT2D eigenvalue weighted by Gasteiger charge is -2.23. The van der Waals surface area contributed by atoms with Crippen molar-refractivity contribution >= 4 is 0 Å². The Balaban J connectivity index is 2.31. The molecule has 0 aromatic carbocycles. The molecule has 0 amide bonds. The molecular weight excluding hydrogens is 110 g/mol. The van der Waals surface area contributed by atoms with E-state index in [0.717, 1.165) is 6.42 Å². The maximum absolute atomic E-state index is 5.75. The van der Waals surface area contributed by atoms with E-state index in [1.54, 1.807) is 0 Å². The molecular formula is C8H15N. The third-order valence-corrected chi connectivity index (χ3v) is 2.09. The van der Waals surface area contributed by atoms with E-state index in [9.17, 15) is 0 Å². The van der Waals surface area contributed by atoms with E-state index in [1.165, 1.54) is 19.3 Å². The molecule has 52 valence electrons. The fraction of sp³-hybridized carbons (Fsp3) is 0.750. The Bertz CT molecular complexity index is 98.7. The number of allylic oxidation sites excluding steroid dienone is 1. The standard InChI is InChI=1S/C8H15N/c1-2-7-4-3-5-8(9)6-7/h2,7-8H,1,3-6,9H2/t7-,8-/m1/s1. The molecule has 2 N–H and O–H groups in total. The van der Waals surface area contributed by atoms with Crippen LogP contribution in [0, 0.1) is 5.92 Å². The summed E-state index contributed by atoms with van der Waals surface area (Å²) in [5.41, 5.74) is 5.75. The summed E-state index contributed by atoms with van der Waals surface area (Å²) in [6, 6.07) is 0.446. The van der Waals surface area contributed by atoms with E-state index in [0.29, 0.717) is 12.0 Å². The molecule has 1 aliphatic carbocycles. The summed E-state index contributed by atoms with van der Waals surface area (Å²) in [7, 11) is 0. The lowest BCUT2D eigenvalue weighted by atomic mass is 9.86. The Kier molecular flexibility index (Phi) is 2.29. The van der Waals surface area contributed by atoms with Crippen LogP contribution in [0.5, 0.6) is 0 Å². The second kappa shape index (κ2) is 3.02. The van der Waals surface area contributed by atoms with E-state index in [4.69, 9.17) is 5.73 Å². The Hall–Kier alpha value is -0.300. The van der Waals surface area contributed by atoms with Gasteiger partial charge in [0.2, 0.25) is 0 Å². The Morgan fingerprint density at radius 1 is 1.44 bits per heavy atom. The SMILES string of the molecule is C=C[C@@H]1CCC[C@@H](N)C1. The minimum Gasteiger partial charge on any atom is -0.328 e. The highest BCUT2D eigenvalue weighted by atomic mass is 14.6. The van der Waals surface area contributed by atoms with E-state index < -0.39 is 0 Å². The van der Waals surface area contributed by atoms with Gasteiger partial charge in [0.05, 0.1) is 0 Å². The van der Waals surface area contributed by atoms with Gasteiger partial charge in [0.25, 0.3) is 0 Å². The Morgan fingerprint density at radius 2 is 2.22 bits per heavy atom. The maximum Gasteiger partial charge on any atom is 0.00444 e. The number of hydrogen-bond donors (Lipinski definition) is 1. The lowest BCUT2D eigenvalue weighted by molar-refractivity contribution is 0.373. The molecule has 0 saturated heterocycles. The predicted molar refractivity (Wildman–Crippen MR) is 40.1 cm³/mol. The second-order valence-corrected chi connectivity index (χ2v) is 2.92. The zero-order valence-electron chi connectivity index (χ0n) is 5.84. The number of rotatable bonds is 1. The molecule has 0 aromatic heterocycles. The van der Waals surface area contributed by atoms with Gasteiger partial charge in [0.1, 0.15) is 0 Å². The van der Waals surface area contributed by atoms with Gasteiger partial charge in [-0.15, -0.1) is 6.58 Å². The lowest BCUT2D eigenvalue weighted by Crippen LogP contribution is -2.26. The van der Waals surface area contributed by atoms with Gasteiger partial charge in [-0.25, -0.2) is 0 Å². The highest BCUT2D eigenvalue weighted by Gasteiger charge is 2.15. The van der Waals surface area contributed by atoms with Gasteiger partial charge < -0.3 is 5.73 Å². The van der Waals surface area contributed by atoms with Crippen molar-refractivity contribution in [3.63, 3.8) is 0 Å². The summed E-state index contributed by atoms with van der Waals surface area (Å²) < 4.78 is 0. The Morgan fingerprint density at radius 3 is 2.67 bits per heavy atom. The Labute approximate surface area is 56.9 Å². The fourth-order valence-electron chi connectivity index (χ4n) is 1.48. The first-order valence-corrected chi connectivity index (χ1v) is 3.71. The van der Waals surface area contributed by atoms with Crippen molar-refractivity contribution in [2.24, 2.45) is 11.7 Å². The zero-order chi connectivity index (χ0) is 6.69. The van der Waals surface area contributed by atoms with Crippen LogP contribution in [0.25, 0.3) is 0 Å². The van der Waals surface area contributed by atoms with Crippen molar-refractivity contribution in [1.82, 2.24) is 0 Å². The first-order chi connectivity index (χ1) is 4.33. The fourth-order valence-corrected chi connectivity index (χ4v) is 1.48. The van der Waals surface area contributed by atoms with Crippen LogP contribution in [0.4, 0.5) is 0 Å². The van der Waals surface area contributed by atoms with E-state index in [1.807, 2.05) is 6.08 Å². The third-order valence-electron chi connectivity index (χ3n) is 2.09. The van der Waals surface area contributed by atoms with Crippen LogP contribution in [0.2, 0.25) is 0 Å². The summed E-state index contributed by atoms with van der Waals surface area (Å²) >= 11 is 0. The highest BCUT2D eigenvalue weighted by Crippen LogP contribution is 2.23. The van der Waals surface area contributed by atoms with Crippen molar-refractivity contribution in [2.45, 2.75) is 31.7 Å². The molecule has 0 unspecified atom stereocenters. The molecule has 1 aliphatic rings. The summed E-state index contributed by atoms with van der Waals surface area (Å²) in [4.78, 5) is 0. The van der Waals surface area contributed by atoms with Crippen LogP contribution in [0.3, 0.4) is 0 Å². The van der Waals surface area contributed by atoms with Crippen molar-refractivity contribution in [2.75, 3.05) is 0 Å². The molecule has 1 saturated carbocycles. The highest BCUT2D eigenvalue weighted by molar-refractivity contribution is 4.85. The first kappa shape index (κ1) is 6.81. The van der Waals surface area contributed by atoms with E-state index in [2.05, 4.69) is 6.58 Å². The van der Waals surface area contributed by atoms with E-state index in [-0.39, 0.29) is 0 Å². The molecule has 9 heavy (non-hydrogen) atoms. The molecule has 1 heteroatoms. The van der Waals surface area contributed by atoms with Crippen LogP contribution in [0.1, 0.15) is 25.7 Å².